The van der Waals surface area contributed by atoms with Crippen LogP contribution in [0, 0.1) is 0 Å². The Balaban J connectivity index is 0. The Bertz CT molecular complexity index is 138. The molecule has 0 unspecified atom stereocenters. The van der Waals surface area contributed by atoms with Gasteiger partial charge in [0, 0.05) is 0 Å². The van der Waals surface area contributed by atoms with Gasteiger partial charge >= 0.3 is 0 Å². The molecular formula is C4H10ClN3O2. The fraction of sp³-hybridized carbons (Fsp3) is 0.500. The van der Waals surface area contributed by atoms with Gasteiger partial charge in [-0.25, -0.2) is 0 Å². The van der Waals surface area contributed by atoms with E-state index in [1.54, 1.807) is 0 Å². The summed E-state index contributed by atoms with van der Waals surface area (Å²) in [4.78, 5) is 20.2. The summed E-state index contributed by atoms with van der Waals surface area (Å²) in [6.45, 7) is 0. The predicted molar refractivity (Wildman–Crippen MR) is 38.2 cm³/mol. The number of hydrogen-bond donors (Lipinski definition) is 3. The van der Waals surface area contributed by atoms with Crippen LogP contribution in [0.2, 0.25) is 0 Å². The molecule has 0 aromatic carbocycles. The van der Waals surface area contributed by atoms with Crippen molar-refractivity contribution < 1.29 is 9.59 Å². The molecule has 0 saturated heterocycles. The van der Waals surface area contributed by atoms with Crippen LogP contribution in [0.5, 0.6) is 0 Å². The zero-order valence-electron chi connectivity index (χ0n) is 5.24. The molecule has 0 radical (unpaired) electrons. The maximum Gasteiger partial charge on any atom is 0.234 e. The molecule has 0 aromatic heterocycles. The highest BCUT2D eigenvalue weighted by molar-refractivity contribution is 5.86. The van der Waals surface area contributed by atoms with Gasteiger partial charge < -0.3 is 17.2 Å². The third-order valence-corrected chi connectivity index (χ3v) is 0.787. The number of amides is 2. The van der Waals surface area contributed by atoms with Crippen molar-refractivity contribution in [3.63, 3.8) is 0 Å². The molecule has 0 spiro atoms. The Labute approximate surface area is 64.3 Å². The molecule has 2 amide bonds. The van der Waals surface area contributed by atoms with Gasteiger partial charge in [0.2, 0.25) is 11.8 Å². The van der Waals surface area contributed by atoms with Crippen LogP contribution in [0.25, 0.3) is 0 Å². The average molecular weight is 168 g/mol. The summed E-state index contributed by atoms with van der Waals surface area (Å²) in [5.41, 5.74) is 14.5. The topological polar surface area (TPSA) is 112 Å². The quantitative estimate of drug-likeness (QED) is 0.456. The van der Waals surface area contributed by atoms with E-state index in [1.807, 2.05) is 0 Å². The van der Waals surface area contributed by atoms with E-state index in [1.165, 1.54) is 0 Å². The van der Waals surface area contributed by atoms with Gasteiger partial charge in [0.1, 0.15) is 0 Å². The van der Waals surface area contributed by atoms with Crippen LogP contribution >= 0.6 is 12.4 Å². The minimum atomic E-state index is -0.942. The second-order valence-electron chi connectivity index (χ2n) is 1.68. The van der Waals surface area contributed by atoms with E-state index in [0.717, 1.165) is 0 Å². The van der Waals surface area contributed by atoms with E-state index in [9.17, 15) is 9.59 Å². The molecule has 0 heterocycles. The fourth-order valence-electron chi connectivity index (χ4n) is 0.317. The summed E-state index contributed by atoms with van der Waals surface area (Å²) < 4.78 is 0. The predicted octanol–water partition coefficient (Wildman–Crippen LogP) is -1.90. The van der Waals surface area contributed by atoms with Gasteiger partial charge in [0.05, 0.1) is 12.5 Å². The molecule has 10 heavy (non-hydrogen) atoms. The molecule has 0 saturated carbocycles. The summed E-state index contributed by atoms with van der Waals surface area (Å²) in [5.74, 6) is -1.34. The van der Waals surface area contributed by atoms with E-state index in [0.29, 0.717) is 0 Å². The number of rotatable bonds is 3. The van der Waals surface area contributed by atoms with Gasteiger partial charge in [-0.15, -0.1) is 12.4 Å². The molecule has 1 atom stereocenters. The van der Waals surface area contributed by atoms with Crippen molar-refractivity contribution in [1.29, 1.82) is 0 Å². The average Bonchev–Trinajstić information content (AvgIpc) is 1.63. The zero-order chi connectivity index (χ0) is 7.44. The largest absolute Gasteiger partial charge is 0.370 e. The first-order valence-electron chi connectivity index (χ1n) is 2.37. The molecule has 0 fully saturated rings. The number of carbonyl (C=O) groups is 2. The van der Waals surface area contributed by atoms with E-state index in [2.05, 4.69) is 0 Å². The molecule has 0 aliphatic carbocycles. The Morgan fingerprint density at radius 1 is 1.30 bits per heavy atom. The first kappa shape index (κ1) is 11.9. The van der Waals surface area contributed by atoms with E-state index >= 15 is 0 Å². The first-order valence-corrected chi connectivity index (χ1v) is 2.37. The van der Waals surface area contributed by atoms with Crippen LogP contribution in [0.1, 0.15) is 6.42 Å². The van der Waals surface area contributed by atoms with Crippen LogP contribution in [-0.2, 0) is 9.59 Å². The van der Waals surface area contributed by atoms with Crippen LogP contribution in [0.3, 0.4) is 0 Å². The van der Waals surface area contributed by atoms with Crippen molar-refractivity contribution >= 4 is 24.2 Å². The van der Waals surface area contributed by atoms with Crippen molar-refractivity contribution in [2.75, 3.05) is 0 Å². The summed E-state index contributed by atoms with van der Waals surface area (Å²) >= 11 is 0. The van der Waals surface area contributed by atoms with Crippen LogP contribution in [0.4, 0.5) is 0 Å². The van der Waals surface area contributed by atoms with E-state index < -0.39 is 17.9 Å². The Morgan fingerprint density at radius 2 is 1.70 bits per heavy atom. The van der Waals surface area contributed by atoms with Crippen molar-refractivity contribution in [1.82, 2.24) is 0 Å². The van der Waals surface area contributed by atoms with Crippen molar-refractivity contribution in [3.8, 4) is 0 Å². The molecule has 0 rings (SSSR count). The number of nitrogens with two attached hydrogens (primary N) is 3. The van der Waals surface area contributed by atoms with Gasteiger partial charge in [-0.3, -0.25) is 9.59 Å². The molecule has 0 aliphatic heterocycles. The number of carbonyl (C=O) groups excluding carboxylic acids is 2. The molecule has 0 aliphatic rings. The highest BCUT2D eigenvalue weighted by Gasteiger charge is 2.10. The SMILES string of the molecule is Cl.NC(=O)C[C@@H](N)C(N)=O. The van der Waals surface area contributed by atoms with Crippen LogP contribution in [-0.4, -0.2) is 17.9 Å². The summed E-state index contributed by atoms with van der Waals surface area (Å²) in [6.07, 6.45) is -0.185. The van der Waals surface area contributed by atoms with Gasteiger partial charge in [-0.1, -0.05) is 0 Å². The monoisotopic (exact) mass is 167 g/mol. The molecule has 0 aromatic rings. The lowest BCUT2D eigenvalue weighted by Crippen LogP contribution is -2.39. The third kappa shape index (κ3) is 5.33. The maximum absolute atomic E-state index is 10.1. The normalized spacial score (nSPS) is 11.3. The fourth-order valence-corrected chi connectivity index (χ4v) is 0.317. The molecule has 6 N–H and O–H groups in total. The van der Waals surface area contributed by atoms with Gasteiger partial charge in [0.15, 0.2) is 0 Å². The Morgan fingerprint density at radius 3 is 1.80 bits per heavy atom. The molecule has 5 nitrogen and oxygen atoms in total. The van der Waals surface area contributed by atoms with Gasteiger partial charge in [-0.05, 0) is 0 Å². The Hall–Kier alpha value is -0.810. The summed E-state index contributed by atoms with van der Waals surface area (Å²) in [6, 6.07) is -0.942. The lowest BCUT2D eigenvalue weighted by Gasteiger charge is -2.01. The smallest absolute Gasteiger partial charge is 0.234 e. The lowest BCUT2D eigenvalue weighted by molar-refractivity contribution is -0.124. The number of halogens is 1. The van der Waals surface area contributed by atoms with E-state index in [4.69, 9.17) is 17.2 Å². The van der Waals surface area contributed by atoms with Crippen LogP contribution < -0.4 is 17.2 Å². The minimum Gasteiger partial charge on any atom is -0.370 e. The maximum atomic E-state index is 10.1. The van der Waals surface area contributed by atoms with Crippen molar-refractivity contribution in [2.24, 2.45) is 17.2 Å². The second-order valence-corrected chi connectivity index (χ2v) is 1.68. The molecular weight excluding hydrogens is 158 g/mol. The third-order valence-electron chi connectivity index (χ3n) is 0.787. The molecule has 6 heteroatoms. The standard InChI is InChI=1S/C4H9N3O2.ClH/c5-2(4(7)9)1-3(6)8;/h2H,1,5H2,(H2,6,8)(H2,7,9);1H/t2-;/m1./s1. The highest BCUT2D eigenvalue weighted by atomic mass is 35.5. The first-order chi connectivity index (χ1) is 4.04. The molecule has 0 bridgehead atoms. The number of primary amides is 2. The number of hydrogen-bond acceptors (Lipinski definition) is 3. The molecule has 60 valence electrons. The minimum absolute atomic E-state index is 0. The van der Waals surface area contributed by atoms with Crippen LogP contribution in [0.15, 0.2) is 0 Å². The highest BCUT2D eigenvalue weighted by Crippen LogP contribution is 1.82. The summed E-state index contributed by atoms with van der Waals surface area (Å²) in [5, 5.41) is 0. The van der Waals surface area contributed by atoms with Gasteiger partial charge in [0.25, 0.3) is 0 Å². The lowest BCUT2D eigenvalue weighted by atomic mass is 10.2. The van der Waals surface area contributed by atoms with E-state index in [-0.39, 0.29) is 18.8 Å². The van der Waals surface area contributed by atoms with Gasteiger partial charge in [-0.2, -0.15) is 0 Å². The van der Waals surface area contributed by atoms with Crippen molar-refractivity contribution in [2.45, 2.75) is 12.5 Å². The second kappa shape index (κ2) is 5.01. The van der Waals surface area contributed by atoms with Crippen molar-refractivity contribution in [3.05, 3.63) is 0 Å². The Kier molecular flexibility index (Phi) is 5.98. The zero-order valence-corrected chi connectivity index (χ0v) is 6.06. The summed E-state index contributed by atoms with van der Waals surface area (Å²) in [7, 11) is 0.